The van der Waals surface area contributed by atoms with Crippen LogP contribution in [-0.4, -0.2) is 17.7 Å². The van der Waals surface area contributed by atoms with Gasteiger partial charge in [-0.1, -0.05) is 24.3 Å². The first kappa shape index (κ1) is 13.5. The molecule has 2 aromatic rings. The zero-order chi connectivity index (χ0) is 14.8. The van der Waals surface area contributed by atoms with Gasteiger partial charge in [0.15, 0.2) is 0 Å². The Morgan fingerprint density at radius 2 is 2.05 bits per heavy atom. The predicted molar refractivity (Wildman–Crippen MR) is 84.0 cm³/mol. The standard InChI is InChI=1S/C17H18N2O2/c1-12-5-2-8-14(11-12)18-17(21)19-10-4-7-13-6-3-9-15(20)16(13)19/h2-3,5-6,8-9,11,20H,4,7,10H2,1H3,(H,18,21). The van der Waals surface area contributed by atoms with Crippen LogP contribution in [0.25, 0.3) is 0 Å². The van der Waals surface area contributed by atoms with Crippen molar-refractivity contribution >= 4 is 17.4 Å². The average molecular weight is 282 g/mol. The van der Waals surface area contributed by atoms with Gasteiger partial charge >= 0.3 is 6.03 Å². The molecule has 21 heavy (non-hydrogen) atoms. The van der Waals surface area contributed by atoms with E-state index in [4.69, 9.17) is 0 Å². The lowest BCUT2D eigenvalue weighted by Gasteiger charge is -2.30. The van der Waals surface area contributed by atoms with Crippen LogP contribution in [0.3, 0.4) is 0 Å². The van der Waals surface area contributed by atoms with E-state index in [-0.39, 0.29) is 11.8 Å². The molecule has 0 atom stereocenters. The number of aryl methyl sites for hydroxylation is 2. The molecular formula is C17H18N2O2. The quantitative estimate of drug-likeness (QED) is 0.838. The minimum Gasteiger partial charge on any atom is -0.506 e. The highest BCUT2D eigenvalue weighted by atomic mass is 16.3. The van der Waals surface area contributed by atoms with Crippen LogP contribution in [0.5, 0.6) is 5.75 Å². The number of nitrogens with zero attached hydrogens (tertiary/aromatic N) is 1. The van der Waals surface area contributed by atoms with Gasteiger partial charge in [-0.3, -0.25) is 4.90 Å². The van der Waals surface area contributed by atoms with Crippen molar-refractivity contribution in [2.24, 2.45) is 0 Å². The van der Waals surface area contributed by atoms with Gasteiger partial charge in [0.1, 0.15) is 5.75 Å². The smallest absolute Gasteiger partial charge is 0.326 e. The largest absolute Gasteiger partial charge is 0.506 e. The van der Waals surface area contributed by atoms with Crippen LogP contribution in [-0.2, 0) is 6.42 Å². The fraction of sp³-hybridized carbons (Fsp3) is 0.235. The van der Waals surface area contributed by atoms with Crippen molar-refractivity contribution in [1.29, 1.82) is 0 Å². The molecule has 0 saturated carbocycles. The van der Waals surface area contributed by atoms with Crippen LogP contribution in [0.4, 0.5) is 16.2 Å². The number of phenolic OH excluding ortho intramolecular Hbond substituents is 1. The van der Waals surface area contributed by atoms with Crippen molar-refractivity contribution in [1.82, 2.24) is 0 Å². The van der Waals surface area contributed by atoms with E-state index in [1.807, 2.05) is 43.3 Å². The van der Waals surface area contributed by atoms with E-state index < -0.39 is 0 Å². The van der Waals surface area contributed by atoms with Crippen LogP contribution in [0, 0.1) is 6.92 Å². The first-order valence-electron chi connectivity index (χ1n) is 7.11. The van der Waals surface area contributed by atoms with Gasteiger partial charge < -0.3 is 10.4 Å². The molecule has 1 heterocycles. The SMILES string of the molecule is Cc1cccc(NC(=O)N2CCCc3cccc(O)c32)c1. The lowest BCUT2D eigenvalue weighted by molar-refractivity contribution is 0.256. The summed E-state index contributed by atoms with van der Waals surface area (Å²) in [6.07, 6.45) is 1.79. The van der Waals surface area contributed by atoms with Gasteiger partial charge in [0.25, 0.3) is 0 Å². The Kier molecular flexibility index (Phi) is 3.52. The molecular weight excluding hydrogens is 264 g/mol. The van der Waals surface area contributed by atoms with Crippen molar-refractivity contribution in [2.45, 2.75) is 19.8 Å². The molecule has 0 aromatic heterocycles. The molecule has 0 spiro atoms. The van der Waals surface area contributed by atoms with Crippen molar-refractivity contribution in [3.63, 3.8) is 0 Å². The zero-order valence-corrected chi connectivity index (χ0v) is 12.0. The molecule has 1 aliphatic rings. The zero-order valence-electron chi connectivity index (χ0n) is 12.0. The van der Waals surface area contributed by atoms with E-state index in [2.05, 4.69) is 5.32 Å². The lowest BCUT2D eigenvalue weighted by Crippen LogP contribution is -2.38. The maximum Gasteiger partial charge on any atom is 0.326 e. The highest BCUT2D eigenvalue weighted by molar-refractivity contribution is 6.03. The average Bonchev–Trinajstić information content (AvgIpc) is 2.47. The molecule has 0 bridgehead atoms. The number of urea groups is 1. The second kappa shape index (κ2) is 5.48. The number of fused-ring (bicyclic) bond motifs is 1. The Balaban J connectivity index is 1.87. The van der Waals surface area contributed by atoms with E-state index in [9.17, 15) is 9.90 Å². The van der Waals surface area contributed by atoms with Gasteiger partial charge in [-0.15, -0.1) is 0 Å². The lowest BCUT2D eigenvalue weighted by atomic mass is 10.0. The van der Waals surface area contributed by atoms with Gasteiger partial charge in [0.2, 0.25) is 0 Å². The number of carbonyl (C=O) groups excluding carboxylic acids is 1. The summed E-state index contributed by atoms with van der Waals surface area (Å²) in [5.74, 6) is 0.159. The number of para-hydroxylation sites is 1. The minimum absolute atomic E-state index is 0.159. The van der Waals surface area contributed by atoms with Gasteiger partial charge in [0, 0.05) is 12.2 Å². The summed E-state index contributed by atoms with van der Waals surface area (Å²) in [6, 6.07) is 12.9. The minimum atomic E-state index is -0.206. The number of rotatable bonds is 1. The summed E-state index contributed by atoms with van der Waals surface area (Å²) in [6.45, 7) is 2.60. The van der Waals surface area contributed by atoms with Gasteiger partial charge in [-0.25, -0.2) is 4.79 Å². The van der Waals surface area contributed by atoms with Crippen molar-refractivity contribution in [3.05, 3.63) is 53.6 Å². The highest BCUT2D eigenvalue weighted by Crippen LogP contribution is 2.35. The van der Waals surface area contributed by atoms with Gasteiger partial charge in [-0.2, -0.15) is 0 Å². The summed E-state index contributed by atoms with van der Waals surface area (Å²) in [4.78, 5) is 14.1. The summed E-state index contributed by atoms with van der Waals surface area (Å²) in [5.41, 5.74) is 3.51. The second-order valence-corrected chi connectivity index (χ2v) is 5.34. The number of anilines is 2. The Morgan fingerprint density at radius 3 is 2.86 bits per heavy atom. The Labute approximate surface area is 124 Å². The third-order valence-corrected chi connectivity index (χ3v) is 3.71. The molecule has 108 valence electrons. The normalized spacial score (nSPS) is 13.7. The molecule has 2 N–H and O–H groups in total. The summed E-state index contributed by atoms with van der Waals surface area (Å²) in [7, 11) is 0. The van der Waals surface area contributed by atoms with Crippen LogP contribution >= 0.6 is 0 Å². The maximum absolute atomic E-state index is 12.5. The molecule has 4 nitrogen and oxygen atoms in total. The first-order valence-corrected chi connectivity index (χ1v) is 7.11. The fourth-order valence-corrected chi connectivity index (χ4v) is 2.75. The summed E-state index contributed by atoms with van der Waals surface area (Å²) >= 11 is 0. The maximum atomic E-state index is 12.5. The van der Waals surface area contributed by atoms with Crippen molar-refractivity contribution < 1.29 is 9.90 Å². The monoisotopic (exact) mass is 282 g/mol. The Hall–Kier alpha value is -2.49. The third-order valence-electron chi connectivity index (χ3n) is 3.71. The number of nitrogens with one attached hydrogen (secondary N) is 1. The molecule has 2 amide bonds. The van der Waals surface area contributed by atoms with Gasteiger partial charge in [0.05, 0.1) is 5.69 Å². The predicted octanol–water partition coefficient (Wildman–Crippen LogP) is 3.69. The van der Waals surface area contributed by atoms with Crippen molar-refractivity contribution in [3.8, 4) is 5.75 Å². The molecule has 0 fully saturated rings. The molecule has 0 aliphatic carbocycles. The molecule has 0 unspecified atom stereocenters. The summed E-state index contributed by atoms with van der Waals surface area (Å²) in [5, 5.41) is 13.0. The molecule has 3 rings (SSSR count). The number of amides is 2. The molecule has 0 saturated heterocycles. The third kappa shape index (κ3) is 2.70. The highest BCUT2D eigenvalue weighted by Gasteiger charge is 2.25. The van der Waals surface area contributed by atoms with Crippen LogP contribution in [0.15, 0.2) is 42.5 Å². The molecule has 2 aromatic carbocycles. The molecule has 1 aliphatic heterocycles. The fourth-order valence-electron chi connectivity index (χ4n) is 2.75. The van der Waals surface area contributed by atoms with Gasteiger partial charge in [-0.05, 0) is 49.1 Å². The van der Waals surface area contributed by atoms with E-state index in [0.29, 0.717) is 12.2 Å². The number of hydrogen-bond donors (Lipinski definition) is 2. The van der Waals surface area contributed by atoms with E-state index >= 15 is 0 Å². The van der Waals surface area contributed by atoms with E-state index in [0.717, 1.165) is 29.7 Å². The topological polar surface area (TPSA) is 52.6 Å². The number of carbonyl (C=O) groups is 1. The number of benzene rings is 2. The number of phenols is 1. The van der Waals surface area contributed by atoms with Crippen LogP contribution in [0.2, 0.25) is 0 Å². The van der Waals surface area contributed by atoms with E-state index in [1.54, 1.807) is 11.0 Å². The van der Waals surface area contributed by atoms with Crippen LogP contribution < -0.4 is 10.2 Å². The molecule has 4 heteroatoms. The Bertz CT molecular complexity index is 682. The first-order chi connectivity index (χ1) is 10.1. The van der Waals surface area contributed by atoms with E-state index in [1.165, 1.54) is 0 Å². The number of hydrogen-bond acceptors (Lipinski definition) is 2. The number of aromatic hydroxyl groups is 1. The Morgan fingerprint density at radius 1 is 1.24 bits per heavy atom. The second-order valence-electron chi connectivity index (χ2n) is 5.34. The molecule has 0 radical (unpaired) electrons. The van der Waals surface area contributed by atoms with Crippen LogP contribution in [0.1, 0.15) is 17.5 Å². The van der Waals surface area contributed by atoms with Crippen molar-refractivity contribution in [2.75, 3.05) is 16.8 Å². The summed E-state index contributed by atoms with van der Waals surface area (Å²) < 4.78 is 0.